The molecule has 0 aliphatic carbocycles. The normalized spacial score (nSPS) is 10.3. The number of hydrogen-bond donors (Lipinski definition) is 0. The topological polar surface area (TPSA) is 11.3 Å². The predicted octanol–water partition coefficient (Wildman–Crippen LogP) is 4.15. The molecule has 0 aliphatic rings. The highest BCUT2D eigenvalue weighted by molar-refractivity contribution is 5.68. The van der Waals surface area contributed by atoms with E-state index in [1.165, 1.54) is 16.7 Å². The third-order valence-electron chi connectivity index (χ3n) is 2.54. The minimum Gasteiger partial charge on any atom is -0.218 e. The van der Waals surface area contributed by atoms with Crippen LogP contribution in [0.2, 0.25) is 0 Å². The number of rotatable bonds is 1. The van der Waals surface area contributed by atoms with Crippen LogP contribution in [0.25, 0.3) is 11.1 Å². The zero-order chi connectivity index (χ0) is 10.8. The first kappa shape index (κ1) is 9.91. The summed E-state index contributed by atoms with van der Waals surface area (Å²) in [5, 5.41) is 0. The molecule has 1 heteroatoms. The Morgan fingerprint density at radius 2 is 1.60 bits per heavy atom. The minimum atomic E-state index is 0.963. The van der Waals surface area contributed by atoms with Crippen molar-refractivity contribution in [3.63, 3.8) is 0 Å². The van der Waals surface area contributed by atoms with Gasteiger partial charge in [0.05, 0.1) is 19.4 Å². The molecule has 1 heterocycles. The first-order valence-corrected chi connectivity index (χ1v) is 5.15. The van der Waals surface area contributed by atoms with E-state index in [-0.39, 0.29) is 0 Å². The maximum absolute atomic E-state index is 5.64. The first-order valence-electron chi connectivity index (χ1n) is 5.15. The molecular weight excluding hydrogens is 184 g/mol. The average Bonchev–Trinajstić information content (AvgIpc) is 2.17. The third kappa shape index (κ3) is 1.91. The Balaban J connectivity index is 2.64. The van der Waals surface area contributed by atoms with E-state index < -0.39 is 0 Å². The average molecular weight is 199 g/mol. The van der Waals surface area contributed by atoms with Crippen LogP contribution >= 0.6 is 0 Å². The monoisotopic (exact) mass is 199 g/mol. The molecule has 1 aromatic carbocycles. The second-order valence-electron chi connectivity index (χ2n) is 3.84. The van der Waals surface area contributed by atoms with Gasteiger partial charge < -0.3 is 0 Å². The van der Waals surface area contributed by atoms with Gasteiger partial charge >= 0.3 is 11.5 Å². The highest BCUT2D eigenvalue weighted by Gasteiger charge is 2.16. The van der Waals surface area contributed by atoms with Gasteiger partial charge in [-0.05, 0) is 18.1 Å². The van der Waals surface area contributed by atoms with Crippen LogP contribution in [0.4, 0.5) is 0 Å². The lowest BCUT2D eigenvalue weighted by molar-refractivity contribution is 0.487. The van der Waals surface area contributed by atoms with Gasteiger partial charge in [0.15, 0.2) is 0 Å². The van der Waals surface area contributed by atoms with E-state index in [0.29, 0.717) is 0 Å². The summed E-state index contributed by atoms with van der Waals surface area (Å²) in [6.07, 6.45) is 0. The molecule has 0 saturated carbocycles. The van der Waals surface area contributed by atoms with E-state index in [1.54, 1.807) is 0 Å². The van der Waals surface area contributed by atoms with Crippen molar-refractivity contribution in [3.8, 4) is 11.1 Å². The molecule has 0 bridgehead atoms. The molecular formula is C14H15O+. The Morgan fingerprint density at radius 1 is 0.933 bits per heavy atom. The van der Waals surface area contributed by atoms with Gasteiger partial charge in [0.25, 0.3) is 0 Å². The molecule has 0 unspecified atom stereocenters. The van der Waals surface area contributed by atoms with Crippen LogP contribution in [0, 0.1) is 20.8 Å². The highest BCUT2D eigenvalue weighted by Crippen LogP contribution is 2.27. The summed E-state index contributed by atoms with van der Waals surface area (Å²) in [5.41, 5.74) is 3.69. The molecule has 0 fully saturated rings. The van der Waals surface area contributed by atoms with Gasteiger partial charge in [-0.2, -0.15) is 0 Å². The van der Waals surface area contributed by atoms with E-state index >= 15 is 0 Å². The van der Waals surface area contributed by atoms with E-state index in [1.807, 2.05) is 32.0 Å². The van der Waals surface area contributed by atoms with Gasteiger partial charge in [0.2, 0.25) is 0 Å². The van der Waals surface area contributed by atoms with Crippen molar-refractivity contribution in [3.05, 3.63) is 53.5 Å². The number of benzene rings is 1. The smallest absolute Gasteiger partial charge is 0.218 e. The van der Waals surface area contributed by atoms with Gasteiger partial charge in [-0.25, -0.2) is 4.42 Å². The molecule has 15 heavy (non-hydrogen) atoms. The van der Waals surface area contributed by atoms with Crippen molar-refractivity contribution in [1.29, 1.82) is 0 Å². The molecule has 2 aromatic rings. The molecule has 0 amide bonds. The maximum atomic E-state index is 5.64. The van der Waals surface area contributed by atoms with Crippen LogP contribution in [0.5, 0.6) is 0 Å². The van der Waals surface area contributed by atoms with Crippen molar-refractivity contribution >= 4 is 0 Å². The summed E-state index contributed by atoms with van der Waals surface area (Å²) in [4.78, 5) is 0. The largest absolute Gasteiger partial charge is 0.334 e. The van der Waals surface area contributed by atoms with Crippen molar-refractivity contribution in [2.75, 3.05) is 0 Å². The Morgan fingerprint density at radius 3 is 2.20 bits per heavy atom. The maximum Gasteiger partial charge on any atom is 0.334 e. The molecule has 0 atom stereocenters. The molecule has 0 aliphatic heterocycles. The fourth-order valence-corrected chi connectivity index (χ4v) is 2.01. The van der Waals surface area contributed by atoms with Crippen molar-refractivity contribution in [1.82, 2.24) is 0 Å². The number of aryl methyl sites for hydroxylation is 3. The summed E-state index contributed by atoms with van der Waals surface area (Å²) < 4.78 is 5.64. The summed E-state index contributed by atoms with van der Waals surface area (Å²) in [6.45, 7) is 6.12. The van der Waals surface area contributed by atoms with Crippen LogP contribution < -0.4 is 0 Å². The molecule has 0 spiro atoms. The van der Waals surface area contributed by atoms with Crippen LogP contribution in [-0.4, -0.2) is 0 Å². The standard InChI is InChI=1S/C14H15O/c1-10-9-11(2)15-12(3)14(10)13-7-5-4-6-8-13/h4-9H,1-3H3/q+1. The number of hydrogen-bond acceptors (Lipinski definition) is 0. The van der Waals surface area contributed by atoms with Crippen LogP contribution in [0.15, 0.2) is 40.8 Å². The van der Waals surface area contributed by atoms with Crippen LogP contribution in [0.3, 0.4) is 0 Å². The zero-order valence-corrected chi connectivity index (χ0v) is 9.37. The van der Waals surface area contributed by atoms with E-state index in [9.17, 15) is 0 Å². The third-order valence-corrected chi connectivity index (χ3v) is 2.54. The minimum absolute atomic E-state index is 0.963. The van der Waals surface area contributed by atoms with Gasteiger partial charge in [-0.3, -0.25) is 0 Å². The fraction of sp³-hybridized carbons (Fsp3) is 0.214. The lowest BCUT2D eigenvalue weighted by Crippen LogP contribution is -1.89. The Labute approximate surface area is 90.4 Å². The molecule has 1 nitrogen and oxygen atoms in total. The highest BCUT2D eigenvalue weighted by atomic mass is 16.3. The van der Waals surface area contributed by atoms with E-state index in [0.717, 1.165) is 11.5 Å². The second kappa shape index (κ2) is 3.85. The molecule has 0 radical (unpaired) electrons. The van der Waals surface area contributed by atoms with Crippen molar-refractivity contribution < 1.29 is 4.42 Å². The molecule has 2 rings (SSSR count). The lowest BCUT2D eigenvalue weighted by Gasteiger charge is -2.02. The molecule has 76 valence electrons. The molecule has 0 N–H and O–H groups in total. The fourth-order valence-electron chi connectivity index (χ4n) is 2.01. The summed E-state index contributed by atoms with van der Waals surface area (Å²) in [5.74, 6) is 1.95. The van der Waals surface area contributed by atoms with Crippen molar-refractivity contribution in [2.24, 2.45) is 0 Å². The van der Waals surface area contributed by atoms with Gasteiger partial charge in [-0.15, -0.1) is 0 Å². The Kier molecular flexibility index (Phi) is 2.55. The van der Waals surface area contributed by atoms with Crippen LogP contribution in [0.1, 0.15) is 17.1 Å². The van der Waals surface area contributed by atoms with Crippen LogP contribution in [-0.2, 0) is 0 Å². The Hall–Kier alpha value is -1.63. The summed E-state index contributed by atoms with van der Waals surface area (Å²) in [7, 11) is 0. The van der Waals surface area contributed by atoms with Crippen molar-refractivity contribution in [2.45, 2.75) is 20.8 Å². The van der Waals surface area contributed by atoms with E-state index in [2.05, 4.69) is 25.1 Å². The SMILES string of the molecule is Cc1cc(C)c(-c2ccccc2)c(C)[o+]1. The summed E-state index contributed by atoms with van der Waals surface area (Å²) in [6, 6.07) is 12.4. The molecule has 0 saturated heterocycles. The first-order chi connectivity index (χ1) is 7.18. The van der Waals surface area contributed by atoms with Gasteiger partial charge in [0.1, 0.15) is 0 Å². The van der Waals surface area contributed by atoms with Gasteiger partial charge in [0, 0.05) is 6.07 Å². The van der Waals surface area contributed by atoms with E-state index in [4.69, 9.17) is 4.42 Å². The quantitative estimate of drug-likeness (QED) is 0.628. The molecule has 1 aromatic heterocycles. The predicted molar refractivity (Wildman–Crippen MR) is 62.8 cm³/mol. The summed E-state index contributed by atoms with van der Waals surface area (Å²) >= 11 is 0. The Bertz CT molecular complexity index is 449. The van der Waals surface area contributed by atoms with Gasteiger partial charge in [-0.1, -0.05) is 30.3 Å². The zero-order valence-electron chi connectivity index (χ0n) is 9.37. The second-order valence-corrected chi connectivity index (χ2v) is 3.84. The lowest BCUT2D eigenvalue weighted by atomic mass is 10.0.